The number of aromatic nitrogens is 2. The van der Waals surface area contributed by atoms with Gasteiger partial charge in [0.15, 0.2) is 17.3 Å². The molecule has 1 fully saturated rings. The van der Waals surface area contributed by atoms with Crippen LogP contribution in [0.1, 0.15) is 64.9 Å². The first-order valence-corrected chi connectivity index (χ1v) is 11.8. The summed E-state index contributed by atoms with van der Waals surface area (Å²) in [6, 6.07) is 7.90. The molecule has 9 nitrogen and oxygen atoms in total. The van der Waals surface area contributed by atoms with Crippen LogP contribution in [0.3, 0.4) is 0 Å². The maximum absolute atomic E-state index is 12.3. The number of aryl methyl sites for hydroxylation is 1. The molecular formula is C24H33N7O2. The molecule has 176 valence electrons. The molecular weight excluding hydrogens is 418 g/mol. The Morgan fingerprint density at radius 1 is 0.848 bits per heavy atom. The standard InChI is InChI=1S/C24H33N7O2/c1-4-7-15-25-22-21(30-29-18-11-9-17(6-3)10-12-18)23(26-16-8-5-2)28-24(27-22)31-19(32)13-14-20(31)33/h9-12H,4-8,13-16H2,1-3H3,(H2,25,26,27,28). The van der Waals surface area contributed by atoms with Crippen molar-refractivity contribution in [2.45, 2.75) is 65.7 Å². The third kappa shape index (κ3) is 6.34. The van der Waals surface area contributed by atoms with Crippen LogP contribution in [0.4, 0.5) is 29.0 Å². The zero-order chi connectivity index (χ0) is 23.6. The van der Waals surface area contributed by atoms with Crippen molar-refractivity contribution in [3.63, 3.8) is 0 Å². The van der Waals surface area contributed by atoms with E-state index in [-0.39, 0.29) is 30.6 Å². The number of benzene rings is 1. The van der Waals surface area contributed by atoms with Crippen LogP contribution in [-0.2, 0) is 16.0 Å². The summed E-state index contributed by atoms with van der Waals surface area (Å²) in [6.45, 7) is 7.67. The van der Waals surface area contributed by atoms with Gasteiger partial charge in [-0.15, -0.1) is 5.11 Å². The highest BCUT2D eigenvalue weighted by Gasteiger charge is 2.33. The van der Waals surface area contributed by atoms with Gasteiger partial charge in [-0.3, -0.25) is 9.59 Å². The van der Waals surface area contributed by atoms with E-state index in [4.69, 9.17) is 0 Å². The molecule has 33 heavy (non-hydrogen) atoms. The summed E-state index contributed by atoms with van der Waals surface area (Å²) < 4.78 is 0. The molecule has 2 aromatic rings. The van der Waals surface area contributed by atoms with Crippen LogP contribution in [0.15, 0.2) is 34.5 Å². The minimum absolute atomic E-state index is 0.0757. The van der Waals surface area contributed by atoms with E-state index < -0.39 is 0 Å². The van der Waals surface area contributed by atoms with Crippen LogP contribution in [0.2, 0.25) is 0 Å². The van der Waals surface area contributed by atoms with Crippen LogP contribution in [0.25, 0.3) is 0 Å². The van der Waals surface area contributed by atoms with Crippen molar-refractivity contribution in [2.24, 2.45) is 10.2 Å². The Morgan fingerprint density at radius 2 is 1.39 bits per heavy atom. The Morgan fingerprint density at radius 3 is 1.88 bits per heavy atom. The lowest BCUT2D eigenvalue weighted by Crippen LogP contribution is -2.31. The Labute approximate surface area is 195 Å². The van der Waals surface area contributed by atoms with Gasteiger partial charge < -0.3 is 10.6 Å². The number of nitrogens with one attached hydrogen (secondary N) is 2. The summed E-state index contributed by atoms with van der Waals surface area (Å²) in [5.74, 6) is 0.406. The molecule has 1 aliphatic heterocycles. The van der Waals surface area contributed by atoms with Gasteiger partial charge in [0.25, 0.3) is 0 Å². The summed E-state index contributed by atoms with van der Waals surface area (Å²) >= 11 is 0. The summed E-state index contributed by atoms with van der Waals surface area (Å²) in [5, 5.41) is 15.5. The first-order valence-electron chi connectivity index (χ1n) is 11.8. The maximum atomic E-state index is 12.3. The molecule has 1 aromatic heterocycles. The SMILES string of the molecule is CCCCNc1nc(N2C(=O)CCC2=O)nc(NCCCC)c1N=Nc1ccc(CC)cc1. The summed E-state index contributed by atoms with van der Waals surface area (Å²) in [6.07, 6.45) is 5.20. The number of imide groups is 1. The van der Waals surface area contributed by atoms with Crippen LogP contribution in [0.5, 0.6) is 0 Å². The molecule has 0 spiro atoms. The van der Waals surface area contributed by atoms with Crippen molar-refractivity contribution in [3.05, 3.63) is 29.8 Å². The molecule has 2 heterocycles. The Hall–Kier alpha value is -3.36. The number of azo groups is 1. The number of hydrogen-bond donors (Lipinski definition) is 2. The zero-order valence-electron chi connectivity index (χ0n) is 19.7. The fourth-order valence-electron chi connectivity index (χ4n) is 3.36. The number of anilines is 3. The molecule has 0 saturated carbocycles. The third-order valence-electron chi connectivity index (χ3n) is 5.38. The number of nitrogens with zero attached hydrogens (tertiary/aromatic N) is 5. The Kier molecular flexibility index (Phi) is 8.86. The van der Waals surface area contributed by atoms with Gasteiger partial charge in [0.1, 0.15) is 0 Å². The molecule has 3 rings (SSSR count). The molecule has 0 bridgehead atoms. The van der Waals surface area contributed by atoms with Gasteiger partial charge in [0.05, 0.1) is 5.69 Å². The number of unbranched alkanes of at least 4 members (excludes halogenated alkanes) is 2. The largest absolute Gasteiger partial charge is 0.368 e. The van der Waals surface area contributed by atoms with Crippen LogP contribution in [-0.4, -0.2) is 34.9 Å². The van der Waals surface area contributed by atoms with Gasteiger partial charge in [-0.25, -0.2) is 4.90 Å². The molecule has 9 heteroatoms. The van der Waals surface area contributed by atoms with Gasteiger partial charge in [0.2, 0.25) is 17.8 Å². The first-order chi connectivity index (χ1) is 16.1. The monoisotopic (exact) mass is 451 g/mol. The average molecular weight is 452 g/mol. The topological polar surface area (TPSA) is 112 Å². The van der Waals surface area contributed by atoms with Crippen molar-refractivity contribution in [1.82, 2.24) is 9.97 Å². The normalized spacial score (nSPS) is 13.8. The van der Waals surface area contributed by atoms with Crippen molar-refractivity contribution < 1.29 is 9.59 Å². The predicted octanol–water partition coefficient (Wildman–Crippen LogP) is 5.53. The number of amides is 2. The molecule has 0 aliphatic carbocycles. The van der Waals surface area contributed by atoms with Crippen molar-refractivity contribution in [2.75, 3.05) is 28.6 Å². The number of carbonyl (C=O) groups is 2. The second-order valence-electron chi connectivity index (χ2n) is 7.97. The van der Waals surface area contributed by atoms with E-state index in [0.717, 1.165) is 42.7 Å². The summed E-state index contributed by atoms with van der Waals surface area (Å²) in [7, 11) is 0. The van der Waals surface area contributed by atoms with E-state index in [1.807, 2.05) is 24.3 Å². The van der Waals surface area contributed by atoms with Crippen LogP contribution >= 0.6 is 0 Å². The lowest BCUT2D eigenvalue weighted by molar-refractivity contribution is -0.121. The average Bonchev–Trinajstić information content (AvgIpc) is 3.16. The number of rotatable bonds is 12. The molecule has 1 aromatic carbocycles. The molecule has 2 N–H and O–H groups in total. The van der Waals surface area contributed by atoms with E-state index in [1.54, 1.807) is 0 Å². The second kappa shape index (κ2) is 12.0. The first kappa shape index (κ1) is 24.3. The van der Waals surface area contributed by atoms with Crippen molar-refractivity contribution in [1.29, 1.82) is 0 Å². The smallest absolute Gasteiger partial charge is 0.243 e. The molecule has 0 atom stereocenters. The van der Waals surface area contributed by atoms with E-state index in [1.165, 1.54) is 5.56 Å². The highest BCUT2D eigenvalue weighted by Crippen LogP contribution is 2.35. The molecule has 1 saturated heterocycles. The van der Waals surface area contributed by atoms with Crippen molar-refractivity contribution in [3.8, 4) is 0 Å². The van der Waals surface area contributed by atoms with E-state index in [9.17, 15) is 9.59 Å². The van der Waals surface area contributed by atoms with Gasteiger partial charge >= 0.3 is 0 Å². The van der Waals surface area contributed by atoms with Gasteiger partial charge in [-0.1, -0.05) is 45.7 Å². The third-order valence-corrected chi connectivity index (χ3v) is 5.38. The van der Waals surface area contributed by atoms with Gasteiger partial charge in [-0.05, 0) is 37.0 Å². The highest BCUT2D eigenvalue weighted by atomic mass is 16.2. The fourth-order valence-corrected chi connectivity index (χ4v) is 3.36. The minimum atomic E-state index is -0.288. The highest BCUT2D eigenvalue weighted by molar-refractivity contribution is 6.19. The Balaban J connectivity index is 2.02. The summed E-state index contributed by atoms with van der Waals surface area (Å²) in [4.78, 5) is 34.8. The summed E-state index contributed by atoms with van der Waals surface area (Å²) in [5.41, 5.74) is 2.41. The number of hydrogen-bond acceptors (Lipinski definition) is 8. The zero-order valence-corrected chi connectivity index (χ0v) is 19.7. The Bertz CT molecular complexity index is 942. The maximum Gasteiger partial charge on any atom is 0.243 e. The molecule has 1 aliphatic rings. The van der Waals surface area contributed by atoms with Crippen LogP contribution < -0.4 is 15.5 Å². The quantitative estimate of drug-likeness (QED) is 0.249. The minimum Gasteiger partial charge on any atom is -0.368 e. The molecule has 0 radical (unpaired) electrons. The fraction of sp³-hybridized carbons (Fsp3) is 0.500. The van der Waals surface area contributed by atoms with Gasteiger partial charge in [0, 0.05) is 25.9 Å². The van der Waals surface area contributed by atoms with E-state index >= 15 is 0 Å². The number of carbonyl (C=O) groups excluding carboxylic acids is 2. The van der Waals surface area contributed by atoms with E-state index in [0.29, 0.717) is 30.4 Å². The van der Waals surface area contributed by atoms with Gasteiger partial charge in [-0.2, -0.15) is 15.1 Å². The second-order valence-corrected chi connectivity index (χ2v) is 7.97. The molecule has 0 unspecified atom stereocenters. The lowest BCUT2D eigenvalue weighted by atomic mass is 10.2. The van der Waals surface area contributed by atoms with E-state index in [2.05, 4.69) is 51.6 Å². The predicted molar refractivity (Wildman–Crippen MR) is 131 cm³/mol. The molecule has 2 amide bonds. The van der Waals surface area contributed by atoms with Crippen molar-refractivity contribution >= 4 is 40.8 Å². The lowest BCUT2D eigenvalue weighted by Gasteiger charge is -2.18. The van der Waals surface area contributed by atoms with Crippen LogP contribution in [0, 0.1) is 0 Å².